The second-order valence-electron chi connectivity index (χ2n) is 5.49. The van der Waals surface area contributed by atoms with Crippen LogP contribution in [0.25, 0.3) is 0 Å². The highest BCUT2D eigenvalue weighted by Gasteiger charge is 2.49. The quantitative estimate of drug-likeness (QED) is 0.827. The summed E-state index contributed by atoms with van der Waals surface area (Å²) < 4.78 is 5.74. The first-order valence-corrected chi connectivity index (χ1v) is 7.03. The Morgan fingerprint density at radius 3 is 2.84 bits per heavy atom. The second-order valence-corrected chi connectivity index (χ2v) is 5.49. The summed E-state index contributed by atoms with van der Waals surface area (Å²) in [6.45, 7) is 10.2. The standard InChI is InChI=1S/C14H24N4O/c1-5-15-13-16-8-7-12(18-13)17-10-9-11(19-6-2)14(10,3)4/h7-8,10-11H,5-6,9H2,1-4H3,(H2,15,16,17,18). The number of anilines is 2. The number of hydrogen-bond acceptors (Lipinski definition) is 5. The van der Waals surface area contributed by atoms with Gasteiger partial charge < -0.3 is 15.4 Å². The van der Waals surface area contributed by atoms with Gasteiger partial charge in [-0.1, -0.05) is 13.8 Å². The minimum atomic E-state index is 0.138. The van der Waals surface area contributed by atoms with E-state index < -0.39 is 0 Å². The Morgan fingerprint density at radius 1 is 1.42 bits per heavy atom. The largest absolute Gasteiger partial charge is 0.378 e. The Morgan fingerprint density at radius 2 is 2.21 bits per heavy atom. The van der Waals surface area contributed by atoms with Gasteiger partial charge in [-0.2, -0.15) is 4.98 Å². The summed E-state index contributed by atoms with van der Waals surface area (Å²) >= 11 is 0. The van der Waals surface area contributed by atoms with Crippen LogP contribution in [-0.4, -0.2) is 35.3 Å². The molecule has 0 aromatic carbocycles. The average molecular weight is 264 g/mol. The lowest BCUT2D eigenvalue weighted by Gasteiger charge is -2.51. The van der Waals surface area contributed by atoms with E-state index >= 15 is 0 Å². The lowest BCUT2D eigenvalue weighted by molar-refractivity contribution is -0.0976. The first kappa shape index (κ1) is 14.1. The van der Waals surface area contributed by atoms with Crippen molar-refractivity contribution in [2.75, 3.05) is 23.8 Å². The zero-order chi connectivity index (χ0) is 13.9. The topological polar surface area (TPSA) is 59.1 Å². The van der Waals surface area contributed by atoms with E-state index in [0.717, 1.165) is 25.4 Å². The molecular weight excluding hydrogens is 240 g/mol. The van der Waals surface area contributed by atoms with E-state index in [1.165, 1.54) is 0 Å². The Hall–Kier alpha value is -1.36. The van der Waals surface area contributed by atoms with E-state index in [9.17, 15) is 0 Å². The van der Waals surface area contributed by atoms with Crippen LogP contribution in [0.4, 0.5) is 11.8 Å². The molecule has 2 unspecified atom stereocenters. The maximum absolute atomic E-state index is 5.74. The van der Waals surface area contributed by atoms with Gasteiger partial charge in [-0.3, -0.25) is 0 Å². The van der Waals surface area contributed by atoms with Gasteiger partial charge >= 0.3 is 0 Å². The Labute approximate surface area is 115 Å². The van der Waals surface area contributed by atoms with Crippen LogP contribution in [0.5, 0.6) is 0 Å². The molecule has 0 aliphatic heterocycles. The van der Waals surface area contributed by atoms with Crippen molar-refractivity contribution in [1.82, 2.24) is 9.97 Å². The molecule has 0 amide bonds. The fourth-order valence-corrected chi connectivity index (χ4v) is 2.48. The zero-order valence-electron chi connectivity index (χ0n) is 12.2. The molecule has 1 aliphatic carbocycles. The van der Waals surface area contributed by atoms with Crippen LogP contribution in [0.15, 0.2) is 12.3 Å². The van der Waals surface area contributed by atoms with E-state index in [4.69, 9.17) is 4.74 Å². The average Bonchev–Trinajstić information content (AvgIpc) is 2.38. The van der Waals surface area contributed by atoms with Gasteiger partial charge in [-0.15, -0.1) is 0 Å². The number of rotatable bonds is 6. The molecule has 2 atom stereocenters. The van der Waals surface area contributed by atoms with Gasteiger partial charge in [0.05, 0.1) is 6.10 Å². The van der Waals surface area contributed by atoms with Crippen molar-refractivity contribution in [2.45, 2.75) is 46.3 Å². The molecule has 1 aromatic heterocycles. The third kappa shape index (κ3) is 2.97. The number of nitrogens with one attached hydrogen (secondary N) is 2. The van der Waals surface area contributed by atoms with Gasteiger partial charge in [0.15, 0.2) is 0 Å². The lowest BCUT2D eigenvalue weighted by atomic mass is 9.64. The van der Waals surface area contributed by atoms with Crippen LogP contribution < -0.4 is 10.6 Å². The van der Waals surface area contributed by atoms with E-state index in [-0.39, 0.29) is 5.41 Å². The van der Waals surface area contributed by atoms with Crippen molar-refractivity contribution in [3.05, 3.63) is 12.3 Å². The summed E-state index contributed by atoms with van der Waals surface area (Å²) in [6.07, 6.45) is 3.14. The van der Waals surface area contributed by atoms with Crippen molar-refractivity contribution in [3.63, 3.8) is 0 Å². The molecule has 0 bridgehead atoms. The zero-order valence-corrected chi connectivity index (χ0v) is 12.2. The van der Waals surface area contributed by atoms with Gasteiger partial charge in [-0.05, 0) is 26.3 Å². The molecule has 2 N–H and O–H groups in total. The molecule has 1 aliphatic rings. The molecule has 0 saturated heterocycles. The van der Waals surface area contributed by atoms with Crippen molar-refractivity contribution in [3.8, 4) is 0 Å². The molecule has 5 heteroatoms. The highest BCUT2D eigenvalue weighted by molar-refractivity contribution is 5.41. The summed E-state index contributed by atoms with van der Waals surface area (Å²) in [5.74, 6) is 1.55. The lowest BCUT2D eigenvalue weighted by Crippen LogP contribution is -2.58. The van der Waals surface area contributed by atoms with Crippen LogP contribution >= 0.6 is 0 Å². The van der Waals surface area contributed by atoms with Crippen molar-refractivity contribution in [2.24, 2.45) is 5.41 Å². The number of ether oxygens (including phenoxy) is 1. The summed E-state index contributed by atoms with van der Waals surface area (Å²) in [7, 11) is 0. The third-order valence-corrected chi connectivity index (χ3v) is 3.86. The van der Waals surface area contributed by atoms with Crippen LogP contribution in [0.3, 0.4) is 0 Å². The molecule has 1 fully saturated rings. The maximum Gasteiger partial charge on any atom is 0.224 e. The molecule has 0 radical (unpaired) electrons. The Balaban J connectivity index is 1.97. The van der Waals surface area contributed by atoms with Crippen molar-refractivity contribution >= 4 is 11.8 Å². The molecule has 2 rings (SSSR count). The molecule has 5 nitrogen and oxygen atoms in total. The van der Waals surface area contributed by atoms with Crippen molar-refractivity contribution in [1.29, 1.82) is 0 Å². The van der Waals surface area contributed by atoms with Crippen molar-refractivity contribution < 1.29 is 4.74 Å². The Kier molecular flexibility index (Phi) is 4.24. The molecule has 1 aromatic rings. The van der Waals surface area contributed by atoms with E-state index in [1.54, 1.807) is 6.20 Å². The SMILES string of the molecule is CCNc1nccc(NC2CC(OCC)C2(C)C)n1. The molecular formula is C14H24N4O. The van der Waals surface area contributed by atoms with E-state index in [2.05, 4.69) is 34.4 Å². The minimum absolute atomic E-state index is 0.138. The minimum Gasteiger partial charge on any atom is -0.378 e. The monoisotopic (exact) mass is 264 g/mol. The molecule has 19 heavy (non-hydrogen) atoms. The maximum atomic E-state index is 5.74. The fraction of sp³-hybridized carbons (Fsp3) is 0.714. The van der Waals surface area contributed by atoms with E-state index in [1.807, 2.05) is 19.9 Å². The summed E-state index contributed by atoms with van der Waals surface area (Å²) in [4.78, 5) is 8.62. The first-order valence-electron chi connectivity index (χ1n) is 7.03. The predicted molar refractivity (Wildman–Crippen MR) is 77.4 cm³/mol. The highest BCUT2D eigenvalue weighted by Crippen LogP contribution is 2.44. The fourth-order valence-electron chi connectivity index (χ4n) is 2.48. The predicted octanol–water partition coefficient (Wildman–Crippen LogP) is 2.52. The number of hydrogen-bond donors (Lipinski definition) is 2. The molecule has 1 heterocycles. The number of nitrogens with zero attached hydrogens (tertiary/aromatic N) is 2. The Bertz CT molecular complexity index is 422. The smallest absolute Gasteiger partial charge is 0.224 e. The van der Waals surface area contributed by atoms with Gasteiger partial charge in [0.25, 0.3) is 0 Å². The van der Waals surface area contributed by atoms with Crippen LogP contribution in [0, 0.1) is 5.41 Å². The molecule has 106 valence electrons. The second kappa shape index (κ2) is 5.74. The molecule has 0 spiro atoms. The van der Waals surface area contributed by atoms with E-state index in [0.29, 0.717) is 18.1 Å². The van der Waals surface area contributed by atoms with Crippen LogP contribution in [0.1, 0.15) is 34.1 Å². The van der Waals surface area contributed by atoms with Gasteiger partial charge in [-0.25, -0.2) is 4.98 Å². The van der Waals surface area contributed by atoms with Gasteiger partial charge in [0.2, 0.25) is 5.95 Å². The summed E-state index contributed by atoms with van der Waals surface area (Å²) in [5.41, 5.74) is 0.138. The normalized spacial score (nSPS) is 24.6. The van der Waals surface area contributed by atoms with Gasteiger partial charge in [0, 0.05) is 30.8 Å². The van der Waals surface area contributed by atoms with Crippen LogP contribution in [-0.2, 0) is 4.74 Å². The first-order chi connectivity index (χ1) is 9.07. The van der Waals surface area contributed by atoms with Gasteiger partial charge in [0.1, 0.15) is 5.82 Å². The summed E-state index contributed by atoms with van der Waals surface area (Å²) in [5, 5.41) is 6.60. The highest BCUT2D eigenvalue weighted by atomic mass is 16.5. The molecule has 1 saturated carbocycles. The number of aromatic nitrogens is 2. The van der Waals surface area contributed by atoms with Crippen LogP contribution in [0.2, 0.25) is 0 Å². The summed E-state index contributed by atoms with van der Waals surface area (Å²) in [6, 6.07) is 2.30. The third-order valence-electron chi connectivity index (χ3n) is 3.86.